The van der Waals surface area contributed by atoms with Crippen molar-refractivity contribution in [3.63, 3.8) is 0 Å². The van der Waals surface area contributed by atoms with E-state index in [2.05, 4.69) is 4.72 Å². The van der Waals surface area contributed by atoms with Crippen LogP contribution in [0.5, 0.6) is 0 Å². The summed E-state index contributed by atoms with van der Waals surface area (Å²) < 4.78 is 45.8. The van der Waals surface area contributed by atoms with Gasteiger partial charge in [-0.1, -0.05) is 6.92 Å². The van der Waals surface area contributed by atoms with Gasteiger partial charge < -0.3 is 9.84 Å². The van der Waals surface area contributed by atoms with Gasteiger partial charge in [-0.3, -0.25) is 0 Å². The minimum absolute atomic E-state index is 0.130. The SMILES string of the molecule is CC1COCCC1CNS(=O)(=O)c1ccc(C(=O)O)cc1F. The summed E-state index contributed by atoms with van der Waals surface area (Å²) in [5.41, 5.74) is -0.297. The summed E-state index contributed by atoms with van der Waals surface area (Å²) in [6.07, 6.45) is 0.740. The summed E-state index contributed by atoms with van der Waals surface area (Å²) in [5, 5.41) is 8.76. The highest BCUT2D eigenvalue weighted by molar-refractivity contribution is 7.89. The first kappa shape index (κ1) is 16.9. The number of halogens is 1. The predicted molar refractivity (Wildman–Crippen MR) is 76.6 cm³/mol. The number of rotatable bonds is 5. The molecule has 1 aliphatic rings. The molecule has 1 aromatic carbocycles. The lowest BCUT2D eigenvalue weighted by molar-refractivity contribution is 0.0261. The fourth-order valence-corrected chi connectivity index (χ4v) is 3.53. The van der Waals surface area contributed by atoms with Crippen LogP contribution in [-0.4, -0.2) is 39.3 Å². The van der Waals surface area contributed by atoms with Crippen molar-refractivity contribution in [3.8, 4) is 0 Å². The Morgan fingerprint density at radius 2 is 2.23 bits per heavy atom. The fraction of sp³-hybridized carbons (Fsp3) is 0.500. The molecule has 2 atom stereocenters. The van der Waals surface area contributed by atoms with Crippen LogP contribution < -0.4 is 4.72 Å². The molecular weight excluding hydrogens is 313 g/mol. The van der Waals surface area contributed by atoms with E-state index in [0.29, 0.717) is 19.3 Å². The second-order valence-electron chi connectivity index (χ2n) is 5.40. The molecule has 0 spiro atoms. The molecule has 0 radical (unpaired) electrons. The Hall–Kier alpha value is -1.51. The quantitative estimate of drug-likeness (QED) is 0.852. The first-order valence-corrected chi connectivity index (χ1v) is 8.40. The van der Waals surface area contributed by atoms with Crippen molar-refractivity contribution < 1.29 is 27.4 Å². The summed E-state index contributed by atoms with van der Waals surface area (Å²) in [7, 11) is -4.01. The molecular formula is C14H18FNO5S. The molecule has 6 nitrogen and oxygen atoms in total. The van der Waals surface area contributed by atoms with Crippen molar-refractivity contribution in [1.82, 2.24) is 4.72 Å². The molecule has 2 N–H and O–H groups in total. The molecule has 1 aromatic rings. The Balaban J connectivity index is 2.11. The lowest BCUT2D eigenvalue weighted by Crippen LogP contribution is -2.36. The van der Waals surface area contributed by atoms with E-state index in [4.69, 9.17) is 9.84 Å². The minimum Gasteiger partial charge on any atom is -0.478 e. The molecule has 1 fully saturated rings. The largest absolute Gasteiger partial charge is 0.478 e. The van der Waals surface area contributed by atoms with Crippen LogP contribution in [0.4, 0.5) is 4.39 Å². The highest BCUT2D eigenvalue weighted by Gasteiger charge is 2.26. The molecule has 0 amide bonds. The number of hydrogen-bond acceptors (Lipinski definition) is 4. The van der Waals surface area contributed by atoms with Crippen molar-refractivity contribution in [3.05, 3.63) is 29.6 Å². The first-order chi connectivity index (χ1) is 10.3. The van der Waals surface area contributed by atoms with Gasteiger partial charge in [-0.15, -0.1) is 0 Å². The van der Waals surface area contributed by atoms with E-state index in [-0.39, 0.29) is 23.9 Å². The summed E-state index contributed by atoms with van der Waals surface area (Å²) >= 11 is 0. The van der Waals surface area contributed by atoms with Crippen molar-refractivity contribution in [1.29, 1.82) is 0 Å². The van der Waals surface area contributed by atoms with Gasteiger partial charge in [-0.25, -0.2) is 22.3 Å². The van der Waals surface area contributed by atoms with Crippen LogP contribution in [0.25, 0.3) is 0 Å². The van der Waals surface area contributed by atoms with Gasteiger partial charge in [0, 0.05) is 19.8 Å². The summed E-state index contributed by atoms with van der Waals surface area (Å²) in [4.78, 5) is 10.2. The average molecular weight is 331 g/mol. The highest BCUT2D eigenvalue weighted by atomic mass is 32.2. The number of ether oxygens (including phenoxy) is 1. The van der Waals surface area contributed by atoms with Gasteiger partial charge in [-0.05, 0) is 36.5 Å². The first-order valence-electron chi connectivity index (χ1n) is 6.91. The Bertz CT molecular complexity index is 661. The summed E-state index contributed by atoms with van der Waals surface area (Å²) in [6.45, 7) is 3.33. The Morgan fingerprint density at radius 3 is 2.82 bits per heavy atom. The maximum atomic E-state index is 13.8. The molecule has 1 saturated heterocycles. The van der Waals surface area contributed by atoms with Gasteiger partial charge in [-0.2, -0.15) is 0 Å². The van der Waals surface area contributed by atoms with E-state index in [9.17, 15) is 17.6 Å². The number of nitrogens with one attached hydrogen (secondary N) is 1. The minimum atomic E-state index is -4.01. The Kier molecular flexibility index (Phi) is 5.15. The topological polar surface area (TPSA) is 92.7 Å². The third-order valence-electron chi connectivity index (χ3n) is 3.82. The molecule has 22 heavy (non-hydrogen) atoms. The maximum absolute atomic E-state index is 13.8. The van der Waals surface area contributed by atoms with Crippen molar-refractivity contribution in [2.45, 2.75) is 18.2 Å². The molecule has 8 heteroatoms. The number of benzene rings is 1. The molecule has 2 unspecified atom stereocenters. The Labute approximate surface area is 128 Å². The van der Waals surface area contributed by atoms with Crippen LogP contribution in [0.15, 0.2) is 23.1 Å². The van der Waals surface area contributed by atoms with Crippen LogP contribution in [0.2, 0.25) is 0 Å². The zero-order chi connectivity index (χ0) is 16.3. The third-order valence-corrected chi connectivity index (χ3v) is 5.28. The van der Waals surface area contributed by atoms with Crippen LogP contribution in [0.1, 0.15) is 23.7 Å². The number of sulfonamides is 1. The standard InChI is InChI=1S/C14H18FNO5S/c1-9-8-21-5-4-11(9)7-16-22(19,20)13-3-2-10(14(17)18)6-12(13)15/h2-3,6,9,11,16H,4-5,7-8H2,1H3,(H,17,18). The second-order valence-corrected chi connectivity index (χ2v) is 7.14. The molecule has 0 saturated carbocycles. The van der Waals surface area contributed by atoms with Crippen molar-refractivity contribution >= 4 is 16.0 Å². The average Bonchev–Trinajstić information content (AvgIpc) is 2.46. The van der Waals surface area contributed by atoms with Crippen LogP contribution in [0.3, 0.4) is 0 Å². The lowest BCUT2D eigenvalue weighted by atomic mass is 9.90. The number of aromatic carboxylic acids is 1. The van der Waals surface area contributed by atoms with Gasteiger partial charge in [0.1, 0.15) is 10.7 Å². The van der Waals surface area contributed by atoms with Crippen LogP contribution in [-0.2, 0) is 14.8 Å². The molecule has 0 aromatic heterocycles. The number of carbonyl (C=O) groups is 1. The molecule has 0 aliphatic carbocycles. The lowest BCUT2D eigenvalue weighted by Gasteiger charge is -2.28. The molecule has 2 rings (SSSR count). The maximum Gasteiger partial charge on any atom is 0.335 e. The molecule has 0 bridgehead atoms. The predicted octanol–water partition coefficient (Wildman–Crippen LogP) is 1.47. The van der Waals surface area contributed by atoms with Crippen LogP contribution >= 0.6 is 0 Å². The number of carboxylic acids is 1. The van der Waals surface area contributed by atoms with E-state index in [1.54, 1.807) is 0 Å². The van der Waals surface area contributed by atoms with E-state index in [1.807, 2.05) is 6.92 Å². The molecule has 1 aliphatic heterocycles. The van der Waals surface area contributed by atoms with Crippen molar-refractivity contribution in [2.75, 3.05) is 19.8 Å². The highest BCUT2D eigenvalue weighted by Crippen LogP contribution is 2.22. The molecule has 1 heterocycles. The smallest absolute Gasteiger partial charge is 0.335 e. The monoisotopic (exact) mass is 331 g/mol. The van der Waals surface area contributed by atoms with E-state index < -0.39 is 26.7 Å². The van der Waals surface area contributed by atoms with Gasteiger partial charge in [0.05, 0.1) is 5.56 Å². The summed E-state index contributed by atoms with van der Waals surface area (Å²) in [5.74, 6) is -2.04. The van der Waals surface area contributed by atoms with Crippen molar-refractivity contribution in [2.24, 2.45) is 11.8 Å². The third kappa shape index (κ3) is 3.82. The number of hydrogen-bond donors (Lipinski definition) is 2. The normalized spacial score (nSPS) is 22.5. The Morgan fingerprint density at radius 1 is 1.50 bits per heavy atom. The number of carboxylic acid groups (broad SMARTS) is 1. The fourth-order valence-electron chi connectivity index (χ4n) is 2.37. The van der Waals surface area contributed by atoms with Crippen LogP contribution in [0, 0.1) is 17.7 Å². The van der Waals surface area contributed by atoms with Gasteiger partial charge in [0.15, 0.2) is 0 Å². The van der Waals surface area contributed by atoms with Gasteiger partial charge in [0.25, 0.3) is 0 Å². The van der Waals surface area contributed by atoms with E-state index in [0.717, 1.165) is 18.6 Å². The zero-order valence-corrected chi connectivity index (χ0v) is 12.9. The summed E-state index contributed by atoms with van der Waals surface area (Å²) in [6, 6.07) is 2.74. The van der Waals surface area contributed by atoms with E-state index in [1.165, 1.54) is 0 Å². The van der Waals surface area contributed by atoms with Gasteiger partial charge >= 0.3 is 5.97 Å². The van der Waals surface area contributed by atoms with Gasteiger partial charge in [0.2, 0.25) is 10.0 Å². The zero-order valence-electron chi connectivity index (χ0n) is 12.1. The molecule has 122 valence electrons. The van der Waals surface area contributed by atoms with E-state index >= 15 is 0 Å². The second kappa shape index (κ2) is 6.72.